The minimum Gasteiger partial charge on any atom is -0.484 e. The molecule has 0 aliphatic carbocycles. The number of carbonyl (C=O) groups excluding carboxylic acids is 3. The minimum atomic E-state index is -0.326. The van der Waals surface area contributed by atoms with Crippen LogP contribution in [-0.4, -0.2) is 35.1 Å². The van der Waals surface area contributed by atoms with Crippen molar-refractivity contribution in [3.05, 3.63) is 77.2 Å². The van der Waals surface area contributed by atoms with E-state index in [1.165, 1.54) is 6.08 Å². The van der Waals surface area contributed by atoms with E-state index < -0.39 is 0 Å². The Labute approximate surface area is 173 Å². The molecule has 0 aromatic heterocycles. The van der Waals surface area contributed by atoms with Gasteiger partial charge in [0.25, 0.3) is 17.1 Å². The third kappa shape index (κ3) is 5.36. The Balaban J connectivity index is 1.55. The van der Waals surface area contributed by atoms with Gasteiger partial charge >= 0.3 is 0 Å². The van der Waals surface area contributed by atoms with Crippen molar-refractivity contribution in [2.24, 2.45) is 0 Å². The zero-order valence-corrected chi connectivity index (χ0v) is 16.7. The predicted octanol–water partition coefficient (Wildman–Crippen LogP) is 4.23. The van der Waals surface area contributed by atoms with Crippen LogP contribution in [0.25, 0.3) is 6.08 Å². The van der Waals surface area contributed by atoms with Gasteiger partial charge in [0.05, 0.1) is 4.91 Å². The van der Waals surface area contributed by atoms with E-state index in [-0.39, 0.29) is 30.2 Å². The third-order valence-corrected chi connectivity index (χ3v) is 4.98. The lowest BCUT2D eigenvalue weighted by Gasteiger charge is -2.08. The van der Waals surface area contributed by atoms with Crippen LogP contribution in [0.15, 0.2) is 66.1 Å². The fourth-order valence-electron chi connectivity index (χ4n) is 2.58. The second-order valence-electron chi connectivity index (χ2n) is 6.35. The van der Waals surface area contributed by atoms with E-state index >= 15 is 0 Å². The Bertz CT molecular complexity index is 965. The lowest BCUT2D eigenvalue weighted by molar-refractivity contribution is -0.122. The van der Waals surface area contributed by atoms with Crippen molar-refractivity contribution in [1.29, 1.82) is 0 Å². The van der Waals surface area contributed by atoms with E-state index in [0.717, 1.165) is 27.8 Å². The third-order valence-electron chi connectivity index (χ3n) is 4.07. The second-order valence-corrected chi connectivity index (χ2v) is 7.35. The Morgan fingerprint density at radius 3 is 2.48 bits per heavy atom. The van der Waals surface area contributed by atoms with E-state index in [1.807, 2.05) is 31.2 Å². The lowest BCUT2D eigenvalue weighted by atomic mass is 10.2. The first kappa shape index (κ1) is 20.4. The van der Waals surface area contributed by atoms with Crippen molar-refractivity contribution in [1.82, 2.24) is 4.90 Å². The number of benzene rings is 2. The van der Waals surface area contributed by atoms with Crippen molar-refractivity contribution in [3.63, 3.8) is 0 Å². The Morgan fingerprint density at radius 1 is 1.14 bits per heavy atom. The standard InChI is InChI=1S/C22H20N2O4S/c1-3-12-24-21(26)19(29-22(24)27)13-16-6-10-18(11-7-16)28-14-20(25)23-17-8-4-15(2)5-9-17/h3-11,13H,1,12,14H2,2H3,(H,23,25)/b19-13-. The van der Waals surface area contributed by atoms with Crippen molar-refractivity contribution < 1.29 is 19.1 Å². The molecule has 1 heterocycles. The maximum absolute atomic E-state index is 12.2. The number of nitrogens with one attached hydrogen (secondary N) is 1. The summed E-state index contributed by atoms with van der Waals surface area (Å²) in [6.45, 7) is 5.60. The summed E-state index contributed by atoms with van der Waals surface area (Å²) >= 11 is 0.903. The zero-order chi connectivity index (χ0) is 20.8. The van der Waals surface area contributed by atoms with Gasteiger partial charge in [-0.05, 0) is 54.6 Å². The van der Waals surface area contributed by atoms with Crippen molar-refractivity contribution >= 4 is 40.6 Å². The van der Waals surface area contributed by atoms with Gasteiger partial charge in [-0.3, -0.25) is 19.3 Å². The van der Waals surface area contributed by atoms with Gasteiger partial charge in [-0.25, -0.2) is 0 Å². The summed E-state index contributed by atoms with van der Waals surface area (Å²) in [5.41, 5.74) is 2.58. The van der Waals surface area contributed by atoms with E-state index in [9.17, 15) is 14.4 Å². The molecular weight excluding hydrogens is 388 g/mol. The van der Waals surface area contributed by atoms with E-state index in [4.69, 9.17) is 4.74 Å². The normalized spacial score (nSPS) is 14.9. The molecule has 3 amide bonds. The lowest BCUT2D eigenvalue weighted by Crippen LogP contribution is -2.27. The van der Waals surface area contributed by atoms with Gasteiger partial charge in [-0.2, -0.15) is 0 Å². The summed E-state index contributed by atoms with van der Waals surface area (Å²) in [5.74, 6) is -0.0530. The molecule has 2 aromatic carbocycles. The number of carbonyl (C=O) groups is 3. The van der Waals surface area contributed by atoms with E-state index in [0.29, 0.717) is 16.3 Å². The Kier molecular flexibility index (Phi) is 6.51. The number of ether oxygens (including phenoxy) is 1. The van der Waals surface area contributed by atoms with Gasteiger partial charge in [-0.1, -0.05) is 35.9 Å². The Morgan fingerprint density at radius 2 is 1.83 bits per heavy atom. The highest BCUT2D eigenvalue weighted by molar-refractivity contribution is 8.18. The topological polar surface area (TPSA) is 75.7 Å². The number of nitrogens with zero attached hydrogens (tertiary/aromatic N) is 1. The van der Waals surface area contributed by atoms with E-state index in [2.05, 4.69) is 11.9 Å². The molecule has 3 rings (SSSR count). The molecule has 0 bridgehead atoms. The number of hydrogen-bond acceptors (Lipinski definition) is 5. The minimum absolute atomic E-state index is 0.117. The highest BCUT2D eigenvalue weighted by Gasteiger charge is 2.33. The van der Waals surface area contributed by atoms with Gasteiger partial charge in [-0.15, -0.1) is 6.58 Å². The molecule has 7 heteroatoms. The molecule has 1 N–H and O–H groups in total. The number of imide groups is 1. The van der Waals surface area contributed by atoms with Crippen LogP contribution in [0.4, 0.5) is 10.5 Å². The quantitative estimate of drug-likeness (QED) is 0.548. The second kappa shape index (κ2) is 9.25. The summed E-state index contributed by atoms with van der Waals surface area (Å²) in [6.07, 6.45) is 3.17. The molecule has 0 unspecified atom stereocenters. The summed E-state index contributed by atoms with van der Waals surface area (Å²) in [5, 5.41) is 2.46. The smallest absolute Gasteiger partial charge is 0.293 e. The predicted molar refractivity (Wildman–Crippen MR) is 115 cm³/mol. The van der Waals surface area contributed by atoms with Crippen LogP contribution in [0.5, 0.6) is 5.75 Å². The first-order valence-electron chi connectivity index (χ1n) is 8.92. The maximum Gasteiger partial charge on any atom is 0.293 e. The highest BCUT2D eigenvalue weighted by atomic mass is 32.2. The van der Waals surface area contributed by atoms with E-state index in [1.54, 1.807) is 30.3 Å². The Hall–Kier alpha value is -3.32. The van der Waals surface area contributed by atoms with Gasteiger partial charge in [0.15, 0.2) is 6.61 Å². The molecule has 1 aliphatic heterocycles. The number of rotatable bonds is 7. The van der Waals surface area contributed by atoms with Crippen LogP contribution in [0.3, 0.4) is 0 Å². The largest absolute Gasteiger partial charge is 0.484 e. The van der Waals surface area contributed by atoms with Crippen LogP contribution in [0.1, 0.15) is 11.1 Å². The van der Waals surface area contributed by atoms with Gasteiger partial charge < -0.3 is 10.1 Å². The molecule has 1 aliphatic rings. The maximum atomic E-state index is 12.2. The van der Waals surface area contributed by atoms with Gasteiger partial charge in [0.2, 0.25) is 0 Å². The molecule has 29 heavy (non-hydrogen) atoms. The SMILES string of the molecule is C=CCN1C(=O)S/C(=C\c2ccc(OCC(=O)Nc3ccc(C)cc3)cc2)C1=O. The first-order chi connectivity index (χ1) is 14.0. The average molecular weight is 408 g/mol. The highest BCUT2D eigenvalue weighted by Crippen LogP contribution is 2.32. The fourth-order valence-corrected chi connectivity index (χ4v) is 3.43. The van der Waals surface area contributed by atoms with Crippen molar-refractivity contribution in [3.8, 4) is 5.75 Å². The van der Waals surface area contributed by atoms with Crippen LogP contribution in [0, 0.1) is 6.92 Å². The first-order valence-corrected chi connectivity index (χ1v) is 9.73. The van der Waals surface area contributed by atoms with Crippen molar-refractivity contribution in [2.45, 2.75) is 6.92 Å². The fraction of sp³-hybridized carbons (Fsp3) is 0.136. The number of amides is 3. The van der Waals surface area contributed by atoms with Crippen LogP contribution in [0.2, 0.25) is 0 Å². The monoisotopic (exact) mass is 408 g/mol. The van der Waals surface area contributed by atoms with Gasteiger partial charge in [0.1, 0.15) is 5.75 Å². The molecule has 1 saturated heterocycles. The molecule has 0 saturated carbocycles. The summed E-state index contributed by atoms with van der Waals surface area (Å²) in [4.78, 5) is 37.6. The number of thioether (sulfide) groups is 1. The summed E-state index contributed by atoms with van der Waals surface area (Å²) in [6, 6.07) is 14.4. The summed E-state index contributed by atoms with van der Waals surface area (Å²) in [7, 11) is 0. The summed E-state index contributed by atoms with van der Waals surface area (Å²) < 4.78 is 5.50. The molecule has 0 radical (unpaired) electrons. The number of aryl methyl sites for hydroxylation is 1. The average Bonchev–Trinajstić information content (AvgIpc) is 2.97. The number of anilines is 1. The molecular formula is C22H20N2O4S. The number of hydrogen-bond donors (Lipinski definition) is 1. The molecule has 2 aromatic rings. The van der Waals surface area contributed by atoms with Crippen molar-refractivity contribution in [2.75, 3.05) is 18.5 Å². The molecule has 1 fully saturated rings. The van der Waals surface area contributed by atoms with Crippen LogP contribution < -0.4 is 10.1 Å². The molecule has 148 valence electrons. The molecule has 0 atom stereocenters. The van der Waals surface area contributed by atoms with Crippen LogP contribution >= 0.6 is 11.8 Å². The van der Waals surface area contributed by atoms with Crippen LogP contribution in [-0.2, 0) is 9.59 Å². The van der Waals surface area contributed by atoms with Gasteiger partial charge in [0, 0.05) is 12.2 Å². The molecule has 6 nitrogen and oxygen atoms in total. The zero-order valence-electron chi connectivity index (χ0n) is 15.9. The molecule has 0 spiro atoms.